The molecule has 1 fully saturated rings. The van der Waals surface area contributed by atoms with Gasteiger partial charge in [-0.25, -0.2) is 14.6 Å². The number of piperazine rings is 1. The number of carboxylic acid groups (broad SMARTS) is 1. The van der Waals surface area contributed by atoms with Crippen molar-refractivity contribution in [2.45, 2.75) is 40.2 Å². The number of para-hydroxylation sites is 1. The lowest BCUT2D eigenvalue weighted by Crippen LogP contribution is -2.50. The predicted octanol–water partition coefficient (Wildman–Crippen LogP) is 6.38. The summed E-state index contributed by atoms with van der Waals surface area (Å²) in [6.07, 6.45) is -0.337. The number of hydrogen-bond acceptors (Lipinski definition) is 7. The average Bonchev–Trinajstić information content (AvgIpc) is 3.31. The van der Waals surface area contributed by atoms with E-state index in [0.29, 0.717) is 48.3 Å². The second-order valence-corrected chi connectivity index (χ2v) is 9.85. The van der Waals surface area contributed by atoms with Gasteiger partial charge in [0.25, 0.3) is 0 Å². The Bertz CT molecular complexity index is 1150. The fraction of sp³-hybridized carbons (Fsp3) is 0.370. The van der Waals surface area contributed by atoms with E-state index < -0.39 is 11.6 Å². The summed E-state index contributed by atoms with van der Waals surface area (Å²) in [7, 11) is 0. The van der Waals surface area contributed by atoms with Gasteiger partial charge in [0.15, 0.2) is 5.13 Å². The van der Waals surface area contributed by atoms with Gasteiger partial charge in [-0.05, 0) is 57.2 Å². The molecule has 8 nitrogen and oxygen atoms in total. The van der Waals surface area contributed by atoms with Gasteiger partial charge in [0, 0.05) is 31.7 Å². The summed E-state index contributed by atoms with van der Waals surface area (Å²) >= 11 is 1.14. The summed E-state index contributed by atoms with van der Waals surface area (Å²) in [5.74, 6) is 0.360. The largest absolute Gasteiger partial charge is 0.477 e. The van der Waals surface area contributed by atoms with E-state index in [-0.39, 0.29) is 11.0 Å². The van der Waals surface area contributed by atoms with E-state index in [1.807, 2.05) is 82.0 Å². The second kappa shape index (κ2) is 11.9. The first kappa shape index (κ1) is 27.0. The van der Waals surface area contributed by atoms with Crippen molar-refractivity contribution in [2.75, 3.05) is 31.1 Å². The van der Waals surface area contributed by atoms with Crippen LogP contribution >= 0.6 is 11.3 Å². The highest BCUT2D eigenvalue weighted by atomic mass is 32.1. The smallest absolute Gasteiger partial charge is 0.410 e. The normalized spacial score (nSPS) is 13.5. The van der Waals surface area contributed by atoms with Crippen molar-refractivity contribution in [3.8, 4) is 22.8 Å². The standard InChI is InChI=1S/C25H27N3O5S.C2H6/c1-25(2,3)33-24(31)28-15-13-27(14-16-28)23-26-20(21(34-23)22(29)30)17-9-11-19(12-10-17)32-18-7-5-4-6-8-18;1-2/h4-12H,13-16H2,1-3H3,(H,29,30);1-2H3. The number of thiazole rings is 1. The van der Waals surface area contributed by atoms with Crippen LogP contribution in [0.5, 0.6) is 11.5 Å². The third-order valence-corrected chi connectivity index (χ3v) is 6.22. The third kappa shape index (κ3) is 6.97. The van der Waals surface area contributed by atoms with Crippen LogP contribution in [0.4, 0.5) is 9.93 Å². The highest BCUT2D eigenvalue weighted by molar-refractivity contribution is 7.17. The molecule has 0 aliphatic carbocycles. The molecular weight excluding hydrogens is 478 g/mol. The summed E-state index contributed by atoms with van der Waals surface area (Å²) in [6.45, 7) is 11.6. The lowest BCUT2D eigenvalue weighted by Gasteiger charge is -2.35. The Labute approximate surface area is 216 Å². The van der Waals surface area contributed by atoms with Crippen molar-refractivity contribution in [1.29, 1.82) is 0 Å². The zero-order valence-corrected chi connectivity index (χ0v) is 22.2. The highest BCUT2D eigenvalue weighted by Gasteiger charge is 2.28. The minimum atomic E-state index is -1.02. The lowest BCUT2D eigenvalue weighted by atomic mass is 10.1. The minimum Gasteiger partial charge on any atom is -0.477 e. The van der Waals surface area contributed by atoms with E-state index in [1.165, 1.54) is 0 Å². The molecule has 4 rings (SSSR count). The molecular formula is C27H33N3O5S. The molecule has 0 atom stereocenters. The van der Waals surface area contributed by atoms with Crippen LogP contribution in [-0.4, -0.2) is 58.8 Å². The second-order valence-electron chi connectivity index (χ2n) is 8.87. The molecule has 0 spiro atoms. The Morgan fingerprint density at radius 1 is 0.917 bits per heavy atom. The molecule has 0 radical (unpaired) electrons. The Hall–Kier alpha value is -3.59. The molecule has 0 unspecified atom stereocenters. The van der Waals surface area contributed by atoms with Gasteiger partial charge in [0.05, 0.1) is 5.69 Å². The first-order valence-electron chi connectivity index (χ1n) is 12.0. The summed E-state index contributed by atoms with van der Waals surface area (Å²) in [5, 5.41) is 10.4. The van der Waals surface area contributed by atoms with E-state index in [2.05, 4.69) is 4.98 Å². The van der Waals surface area contributed by atoms with Crippen molar-refractivity contribution in [3.63, 3.8) is 0 Å². The van der Waals surface area contributed by atoms with Crippen LogP contribution in [0.3, 0.4) is 0 Å². The van der Waals surface area contributed by atoms with Crippen molar-refractivity contribution in [1.82, 2.24) is 9.88 Å². The quantitative estimate of drug-likeness (QED) is 0.425. The Morgan fingerprint density at radius 3 is 2.06 bits per heavy atom. The van der Waals surface area contributed by atoms with Gasteiger partial charge in [-0.15, -0.1) is 0 Å². The monoisotopic (exact) mass is 511 g/mol. The Morgan fingerprint density at radius 2 is 1.50 bits per heavy atom. The van der Waals surface area contributed by atoms with Gasteiger partial charge < -0.3 is 24.4 Å². The van der Waals surface area contributed by atoms with Gasteiger partial charge in [-0.2, -0.15) is 0 Å². The maximum Gasteiger partial charge on any atom is 0.410 e. The molecule has 36 heavy (non-hydrogen) atoms. The van der Waals surface area contributed by atoms with E-state index in [4.69, 9.17) is 9.47 Å². The van der Waals surface area contributed by atoms with E-state index in [0.717, 1.165) is 17.1 Å². The number of nitrogens with zero attached hydrogens (tertiary/aromatic N) is 3. The number of amides is 1. The lowest BCUT2D eigenvalue weighted by molar-refractivity contribution is 0.0240. The molecule has 1 aromatic heterocycles. The fourth-order valence-electron chi connectivity index (χ4n) is 3.50. The minimum absolute atomic E-state index is 0.182. The van der Waals surface area contributed by atoms with E-state index >= 15 is 0 Å². The Balaban J connectivity index is 0.00000176. The molecule has 1 aliphatic rings. The van der Waals surface area contributed by atoms with E-state index in [9.17, 15) is 14.7 Å². The van der Waals surface area contributed by atoms with Crippen LogP contribution in [0.1, 0.15) is 44.3 Å². The number of carbonyl (C=O) groups is 2. The number of ether oxygens (including phenoxy) is 2. The molecule has 2 aromatic carbocycles. The molecule has 1 amide bonds. The van der Waals surface area contributed by atoms with Crippen molar-refractivity contribution in [3.05, 3.63) is 59.5 Å². The number of benzene rings is 2. The molecule has 1 N–H and O–H groups in total. The molecule has 0 saturated carbocycles. The Kier molecular flexibility index (Phi) is 8.93. The van der Waals surface area contributed by atoms with Gasteiger partial charge in [-0.1, -0.05) is 43.4 Å². The molecule has 192 valence electrons. The third-order valence-electron chi connectivity index (χ3n) is 5.12. The maximum atomic E-state index is 12.3. The van der Waals surface area contributed by atoms with Crippen molar-refractivity contribution >= 4 is 28.5 Å². The first-order chi connectivity index (χ1) is 17.2. The van der Waals surface area contributed by atoms with Crippen LogP contribution in [0.2, 0.25) is 0 Å². The number of anilines is 1. The summed E-state index contributed by atoms with van der Waals surface area (Å²) in [6, 6.07) is 16.7. The summed E-state index contributed by atoms with van der Waals surface area (Å²) in [4.78, 5) is 32.8. The zero-order valence-electron chi connectivity index (χ0n) is 21.4. The number of aromatic nitrogens is 1. The molecule has 1 aliphatic heterocycles. The van der Waals surface area contributed by atoms with E-state index in [1.54, 1.807) is 17.0 Å². The summed E-state index contributed by atoms with van der Waals surface area (Å²) in [5.41, 5.74) is 0.581. The predicted molar refractivity (Wildman–Crippen MR) is 142 cm³/mol. The highest BCUT2D eigenvalue weighted by Crippen LogP contribution is 2.35. The van der Waals surface area contributed by atoms with Crippen molar-refractivity contribution in [2.24, 2.45) is 0 Å². The molecule has 1 saturated heterocycles. The van der Waals surface area contributed by atoms with Crippen LogP contribution in [0.15, 0.2) is 54.6 Å². The molecule has 2 heterocycles. The van der Waals surface area contributed by atoms with Crippen LogP contribution in [-0.2, 0) is 4.74 Å². The first-order valence-corrected chi connectivity index (χ1v) is 12.8. The number of rotatable bonds is 5. The van der Waals surface area contributed by atoms with Crippen LogP contribution < -0.4 is 9.64 Å². The number of carbonyl (C=O) groups excluding carboxylic acids is 1. The summed E-state index contributed by atoms with van der Waals surface area (Å²) < 4.78 is 11.3. The number of carboxylic acids is 1. The van der Waals surface area contributed by atoms with Gasteiger partial charge >= 0.3 is 12.1 Å². The fourth-order valence-corrected chi connectivity index (χ4v) is 4.48. The van der Waals surface area contributed by atoms with Gasteiger partial charge in [0.1, 0.15) is 22.0 Å². The van der Waals surface area contributed by atoms with Gasteiger partial charge in [-0.3, -0.25) is 0 Å². The number of aromatic carboxylic acids is 1. The average molecular weight is 512 g/mol. The molecule has 0 bridgehead atoms. The van der Waals surface area contributed by atoms with Crippen molar-refractivity contribution < 1.29 is 24.2 Å². The number of hydrogen-bond donors (Lipinski definition) is 1. The SMILES string of the molecule is CC.CC(C)(C)OC(=O)N1CCN(c2nc(-c3ccc(Oc4ccccc4)cc3)c(C(=O)O)s2)CC1. The molecule has 9 heteroatoms. The zero-order chi connectivity index (χ0) is 26.3. The van der Waals surface area contributed by atoms with Crippen LogP contribution in [0, 0.1) is 0 Å². The molecule has 3 aromatic rings. The van der Waals surface area contributed by atoms with Crippen LogP contribution in [0.25, 0.3) is 11.3 Å². The maximum absolute atomic E-state index is 12.3. The van der Waals surface area contributed by atoms with Gasteiger partial charge in [0.2, 0.25) is 0 Å². The topological polar surface area (TPSA) is 92.2 Å².